The third-order valence-electron chi connectivity index (χ3n) is 2.86. The lowest BCUT2D eigenvalue weighted by Gasteiger charge is -2.56. The molecule has 0 spiro atoms. The molecule has 1 aliphatic rings. The van der Waals surface area contributed by atoms with Gasteiger partial charge in [-0.1, -0.05) is 27.7 Å². The van der Waals surface area contributed by atoms with Gasteiger partial charge in [0, 0.05) is 0 Å². The van der Waals surface area contributed by atoms with Crippen molar-refractivity contribution >= 4 is 18.2 Å². The van der Waals surface area contributed by atoms with Crippen LogP contribution in [0.15, 0.2) is 0 Å². The summed E-state index contributed by atoms with van der Waals surface area (Å²) in [5.74, 6) is 0. The van der Waals surface area contributed by atoms with Gasteiger partial charge in [-0.15, -0.1) is 0 Å². The van der Waals surface area contributed by atoms with Gasteiger partial charge >= 0.3 is 0 Å². The maximum atomic E-state index is 2.76. The molecule has 72 valence electrons. The SMILES string of the molecule is CC(C)[SiH]1N(C)[SiH](C(C)C)N1C. The minimum atomic E-state index is -0.648. The largest absolute Gasteiger partial charge is 0.329 e. The second-order valence-corrected chi connectivity index (χ2v) is 13.4. The summed E-state index contributed by atoms with van der Waals surface area (Å²) >= 11 is 0. The van der Waals surface area contributed by atoms with Gasteiger partial charge in [0.05, 0.1) is 0 Å². The van der Waals surface area contributed by atoms with Gasteiger partial charge in [0.2, 0.25) is 0 Å². The number of rotatable bonds is 2. The molecule has 0 amide bonds. The van der Waals surface area contributed by atoms with E-state index < -0.39 is 18.2 Å². The van der Waals surface area contributed by atoms with E-state index in [-0.39, 0.29) is 0 Å². The van der Waals surface area contributed by atoms with Crippen molar-refractivity contribution in [2.45, 2.75) is 38.8 Å². The average molecular weight is 202 g/mol. The van der Waals surface area contributed by atoms with Crippen LogP contribution in [0.3, 0.4) is 0 Å². The average Bonchev–Trinajstić information content (AvgIpc) is 1.84. The fraction of sp³-hybridized carbons (Fsp3) is 1.00. The highest BCUT2D eigenvalue weighted by Gasteiger charge is 2.46. The van der Waals surface area contributed by atoms with E-state index in [4.69, 9.17) is 0 Å². The van der Waals surface area contributed by atoms with Crippen molar-refractivity contribution in [2.24, 2.45) is 0 Å². The summed E-state index contributed by atoms with van der Waals surface area (Å²) < 4.78 is 5.52. The minimum Gasteiger partial charge on any atom is -0.329 e. The third-order valence-corrected chi connectivity index (χ3v) is 12.3. The van der Waals surface area contributed by atoms with Gasteiger partial charge in [0.1, 0.15) is 0 Å². The lowest BCUT2D eigenvalue weighted by atomic mass is 10.6. The van der Waals surface area contributed by atoms with E-state index in [2.05, 4.69) is 50.3 Å². The molecule has 0 aliphatic carbocycles. The summed E-state index contributed by atoms with van der Waals surface area (Å²) in [7, 11) is 3.41. The Labute approximate surface area is 80.1 Å². The van der Waals surface area contributed by atoms with Crippen LogP contribution in [-0.4, -0.2) is 40.8 Å². The van der Waals surface area contributed by atoms with Crippen molar-refractivity contribution in [2.75, 3.05) is 14.1 Å². The van der Waals surface area contributed by atoms with Crippen molar-refractivity contribution in [3.8, 4) is 0 Å². The first-order valence-corrected chi connectivity index (χ1v) is 8.30. The molecule has 0 radical (unpaired) electrons. The molecule has 0 N–H and O–H groups in total. The zero-order valence-corrected chi connectivity index (χ0v) is 11.5. The Balaban J connectivity index is 2.56. The van der Waals surface area contributed by atoms with Crippen molar-refractivity contribution < 1.29 is 0 Å². The molecule has 0 unspecified atom stereocenters. The van der Waals surface area contributed by atoms with E-state index >= 15 is 0 Å². The standard InChI is InChI=1S/C8H22N2Si2/c1-7(2)11-9(5)12(8(3)4)10(11)6/h7-8,11-12H,1-6H3. The van der Waals surface area contributed by atoms with Crippen LogP contribution in [0, 0.1) is 0 Å². The Morgan fingerprint density at radius 2 is 1.00 bits per heavy atom. The Bertz CT molecular complexity index is 135. The molecule has 4 heteroatoms. The molecule has 1 rings (SSSR count). The molecule has 1 heterocycles. The second kappa shape index (κ2) is 3.61. The molecule has 1 aliphatic heterocycles. The molecule has 1 fully saturated rings. The van der Waals surface area contributed by atoms with Crippen LogP contribution in [0.5, 0.6) is 0 Å². The van der Waals surface area contributed by atoms with Gasteiger partial charge in [0.25, 0.3) is 0 Å². The Morgan fingerprint density at radius 1 is 0.750 bits per heavy atom. The van der Waals surface area contributed by atoms with Gasteiger partial charge in [-0.05, 0) is 25.2 Å². The molecule has 0 atom stereocenters. The normalized spacial score (nSPS) is 33.0. The number of nitrogens with zero attached hydrogens (tertiary/aromatic N) is 2. The summed E-state index contributed by atoms with van der Waals surface area (Å²) in [4.78, 5) is 0. The first kappa shape index (κ1) is 10.4. The van der Waals surface area contributed by atoms with E-state index in [1.165, 1.54) is 0 Å². The first-order valence-electron chi connectivity index (χ1n) is 4.90. The van der Waals surface area contributed by atoms with Crippen molar-refractivity contribution in [3.63, 3.8) is 0 Å². The van der Waals surface area contributed by atoms with Crippen LogP contribution in [0.1, 0.15) is 27.7 Å². The van der Waals surface area contributed by atoms with Crippen LogP contribution in [0.2, 0.25) is 11.1 Å². The summed E-state index contributed by atoms with van der Waals surface area (Å²) in [5, 5.41) is 0. The molecule has 0 aromatic carbocycles. The first-order chi connectivity index (χ1) is 5.46. The molecular formula is C8H22N2Si2. The molecule has 12 heavy (non-hydrogen) atoms. The predicted molar refractivity (Wildman–Crippen MR) is 60.0 cm³/mol. The quantitative estimate of drug-likeness (QED) is 0.619. The smallest absolute Gasteiger partial charge is 0.180 e. The fourth-order valence-electron chi connectivity index (χ4n) is 2.70. The summed E-state index contributed by atoms with van der Waals surface area (Å²) in [6.07, 6.45) is 0. The topological polar surface area (TPSA) is 6.48 Å². The lowest BCUT2D eigenvalue weighted by molar-refractivity contribution is 0.495. The zero-order chi connectivity index (χ0) is 9.46. The van der Waals surface area contributed by atoms with Gasteiger partial charge in [-0.2, -0.15) is 0 Å². The maximum absolute atomic E-state index is 2.76. The van der Waals surface area contributed by atoms with Gasteiger partial charge < -0.3 is 8.46 Å². The summed E-state index contributed by atoms with van der Waals surface area (Å²) in [5.41, 5.74) is 1.81. The lowest BCUT2D eigenvalue weighted by Crippen LogP contribution is -2.76. The zero-order valence-electron chi connectivity index (χ0n) is 9.20. The van der Waals surface area contributed by atoms with Crippen molar-refractivity contribution in [1.82, 2.24) is 8.46 Å². The van der Waals surface area contributed by atoms with Crippen molar-refractivity contribution in [1.29, 1.82) is 0 Å². The Hall–Kier alpha value is 0.354. The van der Waals surface area contributed by atoms with Crippen LogP contribution in [0.25, 0.3) is 0 Å². The van der Waals surface area contributed by atoms with E-state index in [9.17, 15) is 0 Å². The second-order valence-electron chi connectivity index (χ2n) is 4.65. The third kappa shape index (κ3) is 1.53. The molecule has 0 saturated carbocycles. The highest BCUT2D eigenvalue weighted by atomic mass is 28.4. The highest BCUT2D eigenvalue weighted by molar-refractivity contribution is 6.86. The van der Waals surface area contributed by atoms with Crippen molar-refractivity contribution in [3.05, 3.63) is 0 Å². The molecule has 0 aromatic heterocycles. The van der Waals surface area contributed by atoms with Crippen LogP contribution >= 0.6 is 0 Å². The molecule has 0 aromatic rings. The van der Waals surface area contributed by atoms with Crippen LogP contribution in [0.4, 0.5) is 0 Å². The molecule has 1 saturated heterocycles. The van der Waals surface area contributed by atoms with E-state index in [1.54, 1.807) is 0 Å². The molecular weight excluding hydrogens is 180 g/mol. The summed E-state index contributed by atoms with van der Waals surface area (Å²) in [6, 6.07) is 0. The maximum Gasteiger partial charge on any atom is 0.180 e. The van der Waals surface area contributed by atoms with E-state index in [1.807, 2.05) is 0 Å². The van der Waals surface area contributed by atoms with Crippen LogP contribution in [-0.2, 0) is 0 Å². The Kier molecular flexibility index (Phi) is 3.14. The van der Waals surface area contributed by atoms with Gasteiger partial charge in [-0.3, -0.25) is 0 Å². The van der Waals surface area contributed by atoms with E-state index in [0.717, 1.165) is 11.1 Å². The fourth-order valence-corrected chi connectivity index (χ4v) is 15.7. The number of hydrogen-bond acceptors (Lipinski definition) is 2. The van der Waals surface area contributed by atoms with Gasteiger partial charge in [0.15, 0.2) is 18.2 Å². The van der Waals surface area contributed by atoms with Gasteiger partial charge in [-0.25, -0.2) is 0 Å². The monoisotopic (exact) mass is 202 g/mol. The highest BCUT2D eigenvalue weighted by Crippen LogP contribution is 2.30. The Morgan fingerprint density at radius 3 is 1.17 bits per heavy atom. The molecule has 0 bridgehead atoms. The molecule has 2 nitrogen and oxygen atoms in total. The van der Waals surface area contributed by atoms with E-state index in [0.29, 0.717) is 0 Å². The summed E-state index contributed by atoms with van der Waals surface area (Å²) in [6.45, 7) is 9.48. The number of hydrogen-bond donors (Lipinski definition) is 0. The van der Waals surface area contributed by atoms with Crippen LogP contribution < -0.4 is 0 Å². The predicted octanol–water partition coefficient (Wildman–Crippen LogP) is 1.12. The minimum absolute atomic E-state index is 0.648.